The third-order valence-corrected chi connectivity index (χ3v) is 2.70. The zero-order chi connectivity index (χ0) is 14.6. The molecule has 2 heterocycles. The van der Waals surface area contributed by atoms with E-state index in [4.69, 9.17) is 23.2 Å². The summed E-state index contributed by atoms with van der Waals surface area (Å²) in [4.78, 5) is 3.01. The van der Waals surface area contributed by atoms with E-state index in [1.807, 2.05) is 0 Å². The van der Waals surface area contributed by atoms with Gasteiger partial charge >= 0.3 is 12.4 Å². The van der Waals surface area contributed by atoms with Crippen LogP contribution in [-0.4, -0.2) is 14.6 Å². The van der Waals surface area contributed by atoms with Crippen LogP contribution in [0.15, 0.2) is 6.07 Å². The lowest BCUT2D eigenvalue weighted by molar-refractivity contribution is -0.144. The summed E-state index contributed by atoms with van der Waals surface area (Å²) in [7, 11) is 0. The predicted octanol–water partition coefficient (Wildman–Crippen LogP) is 4.07. The van der Waals surface area contributed by atoms with Gasteiger partial charge in [0.15, 0.2) is 5.65 Å². The first-order valence-electron chi connectivity index (χ1n) is 4.41. The average molecular weight is 324 g/mol. The highest BCUT2D eigenvalue weighted by Gasteiger charge is 2.39. The molecule has 0 aliphatic carbocycles. The van der Waals surface area contributed by atoms with E-state index in [0.29, 0.717) is 6.07 Å². The van der Waals surface area contributed by atoms with Crippen molar-refractivity contribution in [2.45, 2.75) is 12.4 Å². The maximum atomic E-state index is 12.6. The lowest BCUT2D eigenvalue weighted by Crippen LogP contribution is -2.10. The van der Waals surface area contributed by atoms with Crippen molar-refractivity contribution in [3.8, 4) is 0 Å². The first kappa shape index (κ1) is 14.2. The van der Waals surface area contributed by atoms with Gasteiger partial charge in [-0.25, -0.2) is 4.98 Å². The van der Waals surface area contributed by atoms with E-state index in [0.717, 1.165) is 0 Å². The lowest BCUT2D eigenvalue weighted by atomic mass is 10.3. The molecule has 0 aliphatic heterocycles. The zero-order valence-corrected chi connectivity index (χ0v) is 9.95. The van der Waals surface area contributed by atoms with E-state index in [1.165, 1.54) is 0 Å². The number of fused-ring (bicyclic) bond motifs is 1. The van der Waals surface area contributed by atoms with E-state index in [-0.39, 0.29) is 4.52 Å². The Morgan fingerprint density at radius 1 is 1.00 bits per heavy atom. The summed E-state index contributed by atoms with van der Waals surface area (Å²) in [5, 5.41) is 1.20. The normalized spacial score (nSPS) is 13.3. The zero-order valence-electron chi connectivity index (χ0n) is 8.44. The highest BCUT2D eigenvalue weighted by atomic mass is 35.5. The van der Waals surface area contributed by atoms with Crippen LogP contribution in [0.25, 0.3) is 5.65 Å². The number of alkyl halides is 6. The highest BCUT2D eigenvalue weighted by molar-refractivity contribution is 6.35. The molecule has 0 amide bonds. The molecule has 0 radical (unpaired) electrons. The van der Waals surface area contributed by atoms with Crippen LogP contribution in [-0.2, 0) is 12.4 Å². The molecule has 104 valence electrons. The number of aromatic nitrogens is 3. The van der Waals surface area contributed by atoms with E-state index in [9.17, 15) is 26.3 Å². The quantitative estimate of drug-likeness (QED) is 0.540. The minimum absolute atomic E-state index is 0.204. The van der Waals surface area contributed by atoms with Crippen LogP contribution < -0.4 is 0 Å². The summed E-state index contributed by atoms with van der Waals surface area (Å²) < 4.78 is 75.0. The molecule has 0 fully saturated rings. The Bertz CT molecular complexity index is 644. The van der Waals surface area contributed by atoms with Crippen LogP contribution in [0.1, 0.15) is 11.4 Å². The monoisotopic (exact) mass is 323 g/mol. The van der Waals surface area contributed by atoms with Crippen molar-refractivity contribution < 1.29 is 26.3 Å². The summed E-state index contributed by atoms with van der Waals surface area (Å²) in [5.74, 6) is -1.63. The number of hydrogen-bond donors (Lipinski definition) is 0. The topological polar surface area (TPSA) is 30.2 Å². The number of pyridine rings is 1. The van der Waals surface area contributed by atoms with Crippen molar-refractivity contribution in [1.29, 1.82) is 0 Å². The molecule has 3 nitrogen and oxygen atoms in total. The predicted molar refractivity (Wildman–Crippen MR) is 53.0 cm³/mol. The van der Waals surface area contributed by atoms with Gasteiger partial charge in [-0.2, -0.15) is 30.9 Å². The molecule has 19 heavy (non-hydrogen) atoms. The average Bonchev–Trinajstić information content (AvgIpc) is 2.66. The van der Waals surface area contributed by atoms with Gasteiger partial charge in [0.25, 0.3) is 5.82 Å². The third-order valence-electron chi connectivity index (χ3n) is 2.06. The molecule has 0 aliphatic rings. The third kappa shape index (κ3) is 2.44. The van der Waals surface area contributed by atoms with Crippen molar-refractivity contribution in [3.63, 3.8) is 0 Å². The molecule has 0 saturated carbocycles. The second kappa shape index (κ2) is 4.14. The Labute approximate surface area is 110 Å². The van der Waals surface area contributed by atoms with E-state index in [1.54, 1.807) is 0 Å². The summed E-state index contributed by atoms with van der Waals surface area (Å²) in [6.07, 6.45) is -9.80. The Balaban J connectivity index is 2.79. The number of rotatable bonds is 0. The highest BCUT2D eigenvalue weighted by Crippen LogP contribution is 2.38. The molecule has 0 saturated heterocycles. The van der Waals surface area contributed by atoms with Crippen molar-refractivity contribution in [2.75, 3.05) is 0 Å². The number of nitrogens with zero attached hydrogens (tertiary/aromatic N) is 3. The van der Waals surface area contributed by atoms with Crippen LogP contribution in [0.2, 0.25) is 10.2 Å². The number of hydrogen-bond acceptors (Lipinski definition) is 2. The maximum absolute atomic E-state index is 12.6. The van der Waals surface area contributed by atoms with Gasteiger partial charge in [-0.1, -0.05) is 23.2 Å². The summed E-state index contributed by atoms with van der Waals surface area (Å²) in [5.41, 5.74) is -2.00. The largest absolute Gasteiger partial charge is 0.453 e. The van der Waals surface area contributed by atoms with Crippen LogP contribution in [0, 0.1) is 0 Å². The SMILES string of the molecule is FC(F)(F)c1nc2c(Cl)cc(C(F)(F)F)c(Cl)n2n1. The molecule has 0 aromatic carbocycles. The summed E-state index contributed by atoms with van der Waals surface area (Å²) in [6, 6.07) is 0.397. The molecule has 0 spiro atoms. The fourth-order valence-corrected chi connectivity index (χ4v) is 1.80. The fourth-order valence-electron chi connectivity index (χ4n) is 1.29. The summed E-state index contributed by atoms with van der Waals surface area (Å²) in [6.45, 7) is 0. The standard InChI is InChI=1S/C8HCl2F6N3/c9-3-1-2(7(11,12)13)4(10)19-5(3)17-6(18-19)8(14,15)16/h1H. The van der Waals surface area contributed by atoms with Crippen LogP contribution >= 0.6 is 23.2 Å². The minimum Gasteiger partial charge on any atom is -0.202 e. The van der Waals surface area contributed by atoms with Gasteiger partial charge in [0, 0.05) is 0 Å². The molecule has 0 atom stereocenters. The molecule has 2 aromatic heterocycles. The second-order valence-corrected chi connectivity index (χ2v) is 4.13. The minimum atomic E-state index is -4.92. The van der Waals surface area contributed by atoms with Gasteiger partial charge < -0.3 is 0 Å². The van der Waals surface area contributed by atoms with Gasteiger partial charge in [0.1, 0.15) is 5.15 Å². The molecule has 2 aromatic rings. The second-order valence-electron chi connectivity index (χ2n) is 3.36. The smallest absolute Gasteiger partial charge is 0.202 e. The first-order chi connectivity index (χ1) is 8.51. The van der Waals surface area contributed by atoms with Gasteiger partial charge in [0.05, 0.1) is 10.6 Å². The van der Waals surface area contributed by atoms with E-state index < -0.39 is 39.6 Å². The van der Waals surface area contributed by atoms with Gasteiger partial charge in [-0.3, -0.25) is 0 Å². The van der Waals surface area contributed by atoms with Crippen LogP contribution in [0.5, 0.6) is 0 Å². The molecular formula is C8HCl2F6N3. The first-order valence-corrected chi connectivity index (χ1v) is 5.16. The van der Waals surface area contributed by atoms with Crippen molar-refractivity contribution in [1.82, 2.24) is 14.6 Å². The molecule has 2 rings (SSSR count). The maximum Gasteiger partial charge on any atom is 0.453 e. The molecule has 0 bridgehead atoms. The number of halogens is 8. The molecule has 0 unspecified atom stereocenters. The summed E-state index contributed by atoms with van der Waals surface area (Å²) >= 11 is 10.8. The molecule has 11 heteroatoms. The van der Waals surface area contributed by atoms with Crippen LogP contribution in [0.4, 0.5) is 26.3 Å². The van der Waals surface area contributed by atoms with Gasteiger partial charge in [0.2, 0.25) is 0 Å². The Kier molecular flexibility index (Phi) is 3.09. The molecular weight excluding hydrogens is 323 g/mol. The van der Waals surface area contributed by atoms with Crippen LogP contribution in [0.3, 0.4) is 0 Å². The lowest BCUT2D eigenvalue weighted by Gasteiger charge is -2.09. The van der Waals surface area contributed by atoms with E-state index in [2.05, 4.69) is 10.1 Å². The van der Waals surface area contributed by atoms with Crippen molar-refractivity contribution in [2.24, 2.45) is 0 Å². The van der Waals surface area contributed by atoms with Gasteiger partial charge in [-0.15, -0.1) is 5.10 Å². The fraction of sp³-hybridized carbons (Fsp3) is 0.250. The Morgan fingerprint density at radius 3 is 2.05 bits per heavy atom. The van der Waals surface area contributed by atoms with Gasteiger partial charge in [-0.05, 0) is 6.07 Å². The van der Waals surface area contributed by atoms with Crippen molar-refractivity contribution in [3.05, 3.63) is 27.6 Å². The Hall–Kier alpha value is -1.22. The van der Waals surface area contributed by atoms with E-state index >= 15 is 0 Å². The molecule has 0 N–H and O–H groups in total. The van der Waals surface area contributed by atoms with Crippen molar-refractivity contribution >= 4 is 28.8 Å². The Morgan fingerprint density at radius 2 is 1.58 bits per heavy atom.